The molecule has 13 heavy (non-hydrogen) atoms. The lowest BCUT2D eigenvalue weighted by atomic mass is 9.88. The molecule has 0 aliphatic rings. The molecule has 0 aromatic carbocycles. The quantitative estimate of drug-likeness (QED) is 0.517. The first-order chi connectivity index (χ1) is 5.96. The van der Waals surface area contributed by atoms with Gasteiger partial charge < -0.3 is 14.6 Å². The average Bonchev–Trinajstić information content (AvgIpc) is 2.12. The summed E-state index contributed by atoms with van der Waals surface area (Å²) in [5.41, 5.74) is -0.527. The molecule has 1 N–H and O–H groups in total. The molecule has 0 bridgehead atoms. The molecule has 0 aliphatic carbocycles. The van der Waals surface area contributed by atoms with E-state index in [4.69, 9.17) is 9.47 Å². The molecule has 0 radical (unpaired) electrons. The van der Waals surface area contributed by atoms with Gasteiger partial charge in [-0.05, 0) is 6.42 Å². The molecular weight excluding hydrogens is 172 g/mol. The molecule has 4 nitrogen and oxygen atoms in total. The van der Waals surface area contributed by atoms with Crippen molar-refractivity contribution in [3.05, 3.63) is 0 Å². The lowest BCUT2D eigenvalue weighted by Gasteiger charge is -2.31. The number of aliphatic hydroxyl groups is 1. The molecule has 0 aromatic heterocycles. The van der Waals surface area contributed by atoms with Crippen LogP contribution in [-0.4, -0.2) is 31.1 Å². The number of hydrogen-bond acceptors (Lipinski definition) is 4. The van der Waals surface area contributed by atoms with Crippen LogP contribution in [0.25, 0.3) is 0 Å². The van der Waals surface area contributed by atoms with E-state index in [2.05, 4.69) is 0 Å². The SMILES string of the molecule is CCC(C)(COC(C)=O)C(O)OC. The zero-order valence-corrected chi connectivity index (χ0v) is 8.66. The Hall–Kier alpha value is -0.610. The van der Waals surface area contributed by atoms with Gasteiger partial charge >= 0.3 is 5.97 Å². The molecule has 0 amide bonds. The fourth-order valence-corrected chi connectivity index (χ4v) is 0.899. The van der Waals surface area contributed by atoms with Crippen molar-refractivity contribution >= 4 is 5.97 Å². The van der Waals surface area contributed by atoms with Gasteiger partial charge in [0.2, 0.25) is 0 Å². The summed E-state index contributed by atoms with van der Waals surface area (Å²) in [5, 5.41) is 9.48. The summed E-state index contributed by atoms with van der Waals surface area (Å²) >= 11 is 0. The minimum Gasteiger partial charge on any atom is -0.465 e. The number of carbonyl (C=O) groups is 1. The van der Waals surface area contributed by atoms with E-state index in [9.17, 15) is 9.90 Å². The topological polar surface area (TPSA) is 55.8 Å². The van der Waals surface area contributed by atoms with Gasteiger partial charge in [-0.2, -0.15) is 0 Å². The van der Waals surface area contributed by atoms with E-state index in [1.165, 1.54) is 14.0 Å². The number of rotatable bonds is 5. The van der Waals surface area contributed by atoms with Crippen LogP contribution in [0.5, 0.6) is 0 Å². The molecule has 0 spiro atoms. The third-order valence-corrected chi connectivity index (χ3v) is 2.23. The third kappa shape index (κ3) is 3.74. The van der Waals surface area contributed by atoms with E-state index in [1.54, 1.807) is 0 Å². The number of methoxy groups -OCH3 is 1. The van der Waals surface area contributed by atoms with Crippen LogP contribution in [-0.2, 0) is 14.3 Å². The molecule has 78 valence electrons. The lowest BCUT2D eigenvalue weighted by molar-refractivity contribution is -0.179. The maximum atomic E-state index is 10.6. The summed E-state index contributed by atoms with van der Waals surface area (Å²) < 4.78 is 9.64. The first-order valence-corrected chi connectivity index (χ1v) is 4.30. The number of aliphatic hydroxyl groups excluding tert-OH is 1. The van der Waals surface area contributed by atoms with Gasteiger partial charge in [0.15, 0.2) is 6.29 Å². The Labute approximate surface area is 78.8 Å². The minimum atomic E-state index is -0.906. The van der Waals surface area contributed by atoms with Gasteiger partial charge in [-0.3, -0.25) is 4.79 Å². The summed E-state index contributed by atoms with van der Waals surface area (Å²) in [6, 6.07) is 0. The van der Waals surface area contributed by atoms with Gasteiger partial charge in [0, 0.05) is 14.0 Å². The highest BCUT2D eigenvalue weighted by atomic mass is 16.6. The number of esters is 1. The van der Waals surface area contributed by atoms with E-state index in [1.807, 2.05) is 13.8 Å². The van der Waals surface area contributed by atoms with Gasteiger partial charge in [-0.1, -0.05) is 13.8 Å². The summed E-state index contributed by atoms with van der Waals surface area (Å²) in [6.07, 6.45) is -0.230. The van der Waals surface area contributed by atoms with Crippen LogP contribution in [0, 0.1) is 5.41 Å². The fourth-order valence-electron chi connectivity index (χ4n) is 0.899. The van der Waals surface area contributed by atoms with Crippen LogP contribution in [0.2, 0.25) is 0 Å². The smallest absolute Gasteiger partial charge is 0.302 e. The predicted octanol–water partition coefficient (Wildman–Crippen LogP) is 0.931. The minimum absolute atomic E-state index is 0.174. The third-order valence-electron chi connectivity index (χ3n) is 2.23. The molecule has 0 saturated carbocycles. The molecule has 0 heterocycles. The van der Waals surface area contributed by atoms with Gasteiger partial charge in [-0.25, -0.2) is 0 Å². The second-order valence-electron chi connectivity index (χ2n) is 3.38. The molecule has 2 unspecified atom stereocenters. The maximum absolute atomic E-state index is 10.6. The molecule has 0 aliphatic heterocycles. The second-order valence-corrected chi connectivity index (χ2v) is 3.38. The number of ether oxygens (including phenoxy) is 2. The van der Waals surface area contributed by atoms with Crippen molar-refractivity contribution in [2.45, 2.75) is 33.5 Å². The van der Waals surface area contributed by atoms with E-state index in [0.29, 0.717) is 6.42 Å². The van der Waals surface area contributed by atoms with E-state index in [-0.39, 0.29) is 12.6 Å². The average molecular weight is 190 g/mol. The summed E-state index contributed by atoms with van der Waals surface area (Å²) in [5.74, 6) is -0.344. The Balaban J connectivity index is 4.18. The van der Waals surface area contributed by atoms with Gasteiger partial charge in [0.1, 0.15) is 6.61 Å². The normalized spacial score (nSPS) is 17.6. The highest BCUT2D eigenvalue weighted by Crippen LogP contribution is 2.26. The Morgan fingerprint density at radius 2 is 2.15 bits per heavy atom. The van der Waals surface area contributed by atoms with Crippen LogP contribution in [0.4, 0.5) is 0 Å². The number of carbonyl (C=O) groups excluding carboxylic acids is 1. The molecule has 0 rings (SSSR count). The summed E-state index contributed by atoms with van der Waals surface area (Å²) in [4.78, 5) is 10.6. The van der Waals surface area contributed by atoms with Crippen LogP contribution in [0.1, 0.15) is 27.2 Å². The molecule has 0 saturated heterocycles. The van der Waals surface area contributed by atoms with Crippen LogP contribution in [0.15, 0.2) is 0 Å². The summed E-state index contributed by atoms with van der Waals surface area (Å²) in [7, 11) is 1.42. The van der Waals surface area contributed by atoms with E-state index in [0.717, 1.165) is 0 Å². The van der Waals surface area contributed by atoms with Crippen LogP contribution in [0.3, 0.4) is 0 Å². The molecule has 4 heteroatoms. The lowest BCUT2D eigenvalue weighted by Crippen LogP contribution is -2.38. The Morgan fingerprint density at radius 1 is 1.62 bits per heavy atom. The zero-order chi connectivity index (χ0) is 10.5. The Kier molecular flexibility index (Phi) is 4.95. The largest absolute Gasteiger partial charge is 0.465 e. The van der Waals surface area contributed by atoms with Crippen molar-refractivity contribution < 1.29 is 19.4 Å². The standard InChI is InChI=1S/C9H18O4/c1-5-9(3,8(11)12-4)6-13-7(2)10/h8,11H,5-6H2,1-4H3. The van der Waals surface area contributed by atoms with E-state index >= 15 is 0 Å². The van der Waals surface area contributed by atoms with Crippen LogP contribution < -0.4 is 0 Å². The zero-order valence-electron chi connectivity index (χ0n) is 8.66. The van der Waals surface area contributed by atoms with Crippen molar-refractivity contribution in [3.8, 4) is 0 Å². The van der Waals surface area contributed by atoms with Crippen molar-refractivity contribution in [3.63, 3.8) is 0 Å². The molecular formula is C9H18O4. The fraction of sp³-hybridized carbons (Fsp3) is 0.889. The Bertz CT molecular complexity index is 169. The Morgan fingerprint density at radius 3 is 2.46 bits per heavy atom. The van der Waals surface area contributed by atoms with Gasteiger partial charge in [-0.15, -0.1) is 0 Å². The van der Waals surface area contributed by atoms with Crippen molar-refractivity contribution in [1.82, 2.24) is 0 Å². The van der Waals surface area contributed by atoms with Crippen molar-refractivity contribution in [2.75, 3.05) is 13.7 Å². The van der Waals surface area contributed by atoms with Crippen molar-refractivity contribution in [1.29, 1.82) is 0 Å². The highest BCUT2D eigenvalue weighted by Gasteiger charge is 2.32. The van der Waals surface area contributed by atoms with E-state index < -0.39 is 11.7 Å². The second kappa shape index (κ2) is 5.19. The van der Waals surface area contributed by atoms with Crippen molar-refractivity contribution in [2.24, 2.45) is 5.41 Å². The highest BCUT2D eigenvalue weighted by molar-refractivity contribution is 5.65. The van der Waals surface area contributed by atoms with Gasteiger partial charge in [0.05, 0.1) is 5.41 Å². The van der Waals surface area contributed by atoms with Crippen LogP contribution >= 0.6 is 0 Å². The van der Waals surface area contributed by atoms with Gasteiger partial charge in [0.25, 0.3) is 0 Å². The maximum Gasteiger partial charge on any atom is 0.302 e. The molecule has 2 atom stereocenters. The predicted molar refractivity (Wildman–Crippen MR) is 48.0 cm³/mol. The number of hydrogen-bond donors (Lipinski definition) is 1. The summed E-state index contributed by atoms with van der Waals surface area (Å²) in [6.45, 7) is 5.24. The first-order valence-electron chi connectivity index (χ1n) is 4.30. The molecule has 0 fully saturated rings. The molecule has 0 aromatic rings. The first kappa shape index (κ1) is 12.4. The monoisotopic (exact) mass is 190 g/mol.